The minimum absolute atomic E-state index is 0.174. The number of quaternary nitrogens is 1. The fourth-order valence-electron chi connectivity index (χ4n) is 2.40. The van der Waals surface area contributed by atoms with Gasteiger partial charge in [0.05, 0.1) is 6.54 Å². The fourth-order valence-corrected chi connectivity index (χ4v) is 2.40. The molecule has 0 aromatic heterocycles. The third-order valence-electron chi connectivity index (χ3n) is 3.23. The van der Waals surface area contributed by atoms with Crippen LogP contribution in [-0.2, 0) is 6.54 Å². The van der Waals surface area contributed by atoms with Gasteiger partial charge >= 0.3 is 0 Å². The molecule has 0 saturated heterocycles. The van der Waals surface area contributed by atoms with Gasteiger partial charge in [-0.2, -0.15) is 10.4 Å². The zero-order chi connectivity index (χ0) is 10.3. The van der Waals surface area contributed by atoms with Crippen LogP contribution in [0.25, 0.3) is 0 Å². The number of nitrogens with zero attached hydrogens (tertiary/aromatic N) is 2. The summed E-state index contributed by atoms with van der Waals surface area (Å²) < 4.78 is 0.400. The summed E-state index contributed by atoms with van der Waals surface area (Å²) in [5.74, 6) is 6.30. The predicted molar refractivity (Wildman–Crippen MR) is 58.7 cm³/mol. The minimum atomic E-state index is 0.174. The number of nitrogens with two attached hydrogens (primary N) is 1. The predicted octanol–water partition coefficient (Wildman–Crippen LogP) is 0.521. The van der Waals surface area contributed by atoms with Gasteiger partial charge in [0.2, 0.25) is 6.34 Å². The molecule has 3 rings (SSSR count). The Morgan fingerprint density at radius 1 is 1.40 bits per heavy atom. The van der Waals surface area contributed by atoms with E-state index in [0.29, 0.717) is 4.59 Å². The van der Waals surface area contributed by atoms with Crippen molar-refractivity contribution in [1.29, 1.82) is 0 Å². The first kappa shape index (κ1) is 9.03. The number of fused-ring (bicyclic) bond motifs is 1. The van der Waals surface area contributed by atoms with E-state index in [4.69, 9.17) is 5.84 Å². The first-order valence-corrected chi connectivity index (χ1v) is 5.28. The average molecular weight is 203 g/mol. The molecule has 0 spiro atoms. The van der Waals surface area contributed by atoms with Gasteiger partial charge in [0.25, 0.3) is 0 Å². The maximum absolute atomic E-state index is 6.30. The van der Waals surface area contributed by atoms with Gasteiger partial charge in [-0.1, -0.05) is 24.3 Å². The minimum Gasteiger partial charge on any atom is -0.258 e. The van der Waals surface area contributed by atoms with Gasteiger partial charge in [-0.3, -0.25) is 5.32 Å². The number of hydrogen-bond donors (Lipinski definition) is 2. The smallest absolute Gasteiger partial charge is 0.206 e. The molecule has 1 aromatic rings. The van der Waals surface area contributed by atoms with Crippen molar-refractivity contribution >= 4 is 6.34 Å². The van der Waals surface area contributed by atoms with Crippen LogP contribution in [0.3, 0.4) is 0 Å². The van der Waals surface area contributed by atoms with Crippen molar-refractivity contribution in [3.05, 3.63) is 35.4 Å². The summed E-state index contributed by atoms with van der Waals surface area (Å²) in [5.41, 5.74) is 2.67. The van der Waals surface area contributed by atoms with Crippen molar-refractivity contribution in [3.8, 4) is 0 Å². The van der Waals surface area contributed by atoms with Crippen LogP contribution >= 0.6 is 0 Å². The van der Waals surface area contributed by atoms with Crippen molar-refractivity contribution in [2.75, 3.05) is 13.1 Å². The van der Waals surface area contributed by atoms with E-state index in [-0.39, 0.29) is 6.17 Å². The second-order valence-corrected chi connectivity index (χ2v) is 4.22. The lowest BCUT2D eigenvalue weighted by Crippen LogP contribution is -2.57. The van der Waals surface area contributed by atoms with E-state index in [1.165, 1.54) is 11.1 Å². The zero-order valence-electron chi connectivity index (χ0n) is 8.56. The quantitative estimate of drug-likeness (QED) is 0.516. The van der Waals surface area contributed by atoms with Crippen molar-refractivity contribution in [2.45, 2.75) is 12.7 Å². The molecule has 4 nitrogen and oxygen atoms in total. The summed E-state index contributed by atoms with van der Waals surface area (Å²) in [6, 6.07) is 8.45. The monoisotopic (exact) mass is 203 g/mol. The Hall–Kier alpha value is -1.23. The average Bonchev–Trinajstić information content (AvgIpc) is 2.84. The van der Waals surface area contributed by atoms with Gasteiger partial charge in [-0.05, 0) is 5.56 Å². The Kier molecular flexibility index (Phi) is 1.88. The molecule has 0 amide bonds. The molecule has 3 N–H and O–H groups in total. The second-order valence-electron chi connectivity index (χ2n) is 4.22. The number of hydrogen-bond acceptors (Lipinski definition) is 3. The molecule has 2 unspecified atom stereocenters. The van der Waals surface area contributed by atoms with Crippen molar-refractivity contribution in [1.82, 2.24) is 5.32 Å². The summed E-state index contributed by atoms with van der Waals surface area (Å²) in [7, 11) is 0. The van der Waals surface area contributed by atoms with Crippen LogP contribution in [-0.4, -0.2) is 24.0 Å². The molecular formula is C11H15N4+. The van der Waals surface area contributed by atoms with Gasteiger partial charge in [-0.15, -0.1) is 0 Å². The Labute approximate surface area is 89.0 Å². The molecule has 4 heteroatoms. The second kappa shape index (κ2) is 3.13. The SMILES string of the molecule is N[N+]1(C2NCc3ccccc32)C=NCC1. The number of nitrogens with one attached hydrogen (secondary N) is 1. The summed E-state index contributed by atoms with van der Waals surface area (Å²) in [5, 5.41) is 3.46. The van der Waals surface area contributed by atoms with Crippen molar-refractivity contribution in [3.63, 3.8) is 0 Å². The van der Waals surface area contributed by atoms with Crippen LogP contribution in [0.2, 0.25) is 0 Å². The lowest BCUT2D eigenvalue weighted by Gasteiger charge is -2.30. The molecule has 0 aliphatic carbocycles. The summed E-state index contributed by atoms with van der Waals surface area (Å²) >= 11 is 0. The lowest BCUT2D eigenvalue weighted by atomic mass is 10.1. The number of aliphatic imine (C=N–C) groups is 1. The standard InChI is InChI=1S/C11H15N4/c12-15(6-5-13-8-15)11-10-4-2-1-3-9(10)7-14-11/h1-4,8,11,14H,5-7,12H2/q+1. The van der Waals surface area contributed by atoms with Crippen molar-refractivity contribution < 1.29 is 4.59 Å². The number of benzene rings is 1. The molecular weight excluding hydrogens is 188 g/mol. The van der Waals surface area contributed by atoms with E-state index in [1.54, 1.807) is 0 Å². The zero-order valence-corrected chi connectivity index (χ0v) is 8.56. The third kappa shape index (κ3) is 1.30. The van der Waals surface area contributed by atoms with Gasteiger partial charge in [-0.25, -0.2) is 4.99 Å². The molecule has 1 aromatic carbocycles. The van der Waals surface area contributed by atoms with E-state index in [9.17, 15) is 0 Å². The molecule has 0 bridgehead atoms. The summed E-state index contributed by atoms with van der Waals surface area (Å²) in [6.45, 7) is 2.62. The van der Waals surface area contributed by atoms with Crippen LogP contribution in [0, 0.1) is 0 Å². The highest BCUT2D eigenvalue weighted by Gasteiger charge is 2.40. The first-order chi connectivity index (χ1) is 7.30. The Bertz CT molecular complexity index is 415. The molecule has 2 heterocycles. The maximum Gasteiger partial charge on any atom is 0.206 e. The normalized spacial score (nSPS) is 33.3. The molecule has 15 heavy (non-hydrogen) atoms. The highest BCUT2D eigenvalue weighted by Crippen LogP contribution is 2.30. The molecule has 78 valence electrons. The maximum atomic E-state index is 6.30. The van der Waals surface area contributed by atoms with E-state index < -0.39 is 0 Å². The Balaban J connectivity index is 2.00. The van der Waals surface area contributed by atoms with Crippen molar-refractivity contribution in [2.24, 2.45) is 10.8 Å². The van der Waals surface area contributed by atoms with E-state index >= 15 is 0 Å². The van der Waals surface area contributed by atoms with Gasteiger partial charge < -0.3 is 0 Å². The molecule has 2 aliphatic heterocycles. The lowest BCUT2D eigenvalue weighted by molar-refractivity contribution is -0.876. The molecule has 2 aliphatic rings. The summed E-state index contributed by atoms with van der Waals surface area (Å²) in [4.78, 5) is 4.24. The van der Waals surface area contributed by atoms with Crippen LogP contribution in [0.15, 0.2) is 29.3 Å². The highest BCUT2D eigenvalue weighted by molar-refractivity contribution is 5.49. The highest BCUT2D eigenvalue weighted by atomic mass is 15.7. The van der Waals surface area contributed by atoms with Gasteiger partial charge in [0.15, 0.2) is 6.17 Å². The topological polar surface area (TPSA) is 50.4 Å². The number of rotatable bonds is 1. The van der Waals surface area contributed by atoms with Gasteiger partial charge in [0.1, 0.15) is 6.54 Å². The molecule has 0 fully saturated rings. The van der Waals surface area contributed by atoms with E-state index in [0.717, 1.165) is 19.6 Å². The van der Waals surface area contributed by atoms with Crippen LogP contribution in [0.4, 0.5) is 0 Å². The Morgan fingerprint density at radius 2 is 2.27 bits per heavy atom. The van der Waals surface area contributed by atoms with Crippen LogP contribution in [0.5, 0.6) is 0 Å². The molecule has 2 atom stereocenters. The molecule has 0 saturated carbocycles. The summed E-state index contributed by atoms with van der Waals surface area (Å²) in [6.07, 6.45) is 2.03. The largest absolute Gasteiger partial charge is 0.258 e. The Morgan fingerprint density at radius 3 is 3.07 bits per heavy atom. The third-order valence-corrected chi connectivity index (χ3v) is 3.23. The molecule has 0 radical (unpaired) electrons. The van der Waals surface area contributed by atoms with Gasteiger partial charge in [0, 0.05) is 12.1 Å². The van der Waals surface area contributed by atoms with E-state index in [1.807, 2.05) is 6.34 Å². The van der Waals surface area contributed by atoms with E-state index in [2.05, 4.69) is 34.6 Å². The van der Waals surface area contributed by atoms with Crippen LogP contribution < -0.4 is 11.2 Å². The fraction of sp³-hybridized carbons (Fsp3) is 0.364. The van der Waals surface area contributed by atoms with Crippen LogP contribution in [0.1, 0.15) is 17.3 Å². The first-order valence-electron chi connectivity index (χ1n) is 5.28.